The number of carbonyl (C=O) groups is 2. The van der Waals surface area contributed by atoms with Crippen molar-refractivity contribution in [1.29, 1.82) is 0 Å². The number of carbonyl (C=O) groups excluding carboxylic acids is 2. The van der Waals surface area contributed by atoms with Crippen LogP contribution in [0.4, 0.5) is 4.79 Å². The van der Waals surface area contributed by atoms with E-state index in [4.69, 9.17) is 4.74 Å². The zero-order chi connectivity index (χ0) is 13.9. The molecule has 1 unspecified atom stereocenters. The van der Waals surface area contributed by atoms with E-state index in [2.05, 4.69) is 0 Å². The summed E-state index contributed by atoms with van der Waals surface area (Å²) in [4.78, 5) is 25.0. The second-order valence-electron chi connectivity index (χ2n) is 5.84. The summed E-state index contributed by atoms with van der Waals surface area (Å²) in [7, 11) is 0. The zero-order valence-corrected chi connectivity index (χ0v) is 11.9. The predicted molar refractivity (Wildman–Crippen MR) is 70.3 cm³/mol. The van der Waals surface area contributed by atoms with Gasteiger partial charge in [0.25, 0.3) is 0 Å². The van der Waals surface area contributed by atoms with Crippen LogP contribution in [0, 0.1) is 11.8 Å². The van der Waals surface area contributed by atoms with Crippen LogP contribution in [0.2, 0.25) is 0 Å². The van der Waals surface area contributed by atoms with Crippen molar-refractivity contribution in [1.82, 2.24) is 4.90 Å². The summed E-state index contributed by atoms with van der Waals surface area (Å²) < 4.78 is 5.27. The van der Waals surface area contributed by atoms with E-state index in [1.54, 1.807) is 17.1 Å². The Morgan fingerprint density at radius 3 is 2.33 bits per heavy atom. The topological polar surface area (TPSA) is 46.6 Å². The highest BCUT2D eigenvalue weighted by molar-refractivity contribution is 5.91. The molecule has 1 atom stereocenters. The second-order valence-corrected chi connectivity index (χ2v) is 5.84. The molecule has 0 saturated carbocycles. The molecule has 0 bridgehead atoms. The molecule has 1 saturated heterocycles. The fraction of sp³-hybridized carbons (Fsp3) is 0.714. The van der Waals surface area contributed by atoms with Gasteiger partial charge < -0.3 is 9.64 Å². The van der Waals surface area contributed by atoms with Crippen LogP contribution in [-0.4, -0.2) is 35.5 Å². The maximum Gasteiger partial charge on any atom is 0.410 e. The van der Waals surface area contributed by atoms with E-state index in [1.807, 2.05) is 34.6 Å². The summed E-state index contributed by atoms with van der Waals surface area (Å²) in [6.07, 6.45) is 3.06. The Labute approximate surface area is 109 Å². The lowest BCUT2D eigenvalue weighted by molar-refractivity contribution is -0.121. The molecule has 0 N–H and O–H groups in total. The lowest BCUT2D eigenvalue weighted by atomic mass is 9.84. The highest BCUT2D eigenvalue weighted by Gasteiger charge is 2.38. The second kappa shape index (κ2) is 5.55. The summed E-state index contributed by atoms with van der Waals surface area (Å²) in [6.45, 7) is 10.5. The molecule has 0 radical (unpaired) electrons. The fourth-order valence-corrected chi connectivity index (χ4v) is 1.85. The van der Waals surface area contributed by atoms with Gasteiger partial charge in [0.2, 0.25) is 0 Å². The van der Waals surface area contributed by atoms with Gasteiger partial charge in [0.05, 0.1) is 0 Å². The van der Waals surface area contributed by atoms with Crippen molar-refractivity contribution < 1.29 is 14.3 Å². The van der Waals surface area contributed by atoms with E-state index in [0.29, 0.717) is 13.1 Å². The molecular weight excluding hydrogens is 230 g/mol. The molecule has 1 heterocycles. The van der Waals surface area contributed by atoms with Crippen molar-refractivity contribution in [3.8, 4) is 0 Å². The van der Waals surface area contributed by atoms with E-state index in [-0.39, 0.29) is 23.7 Å². The average Bonchev–Trinajstić information content (AvgIpc) is 2.12. The lowest BCUT2D eigenvalue weighted by Gasteiger charge is -2.41. The number of rotatable bonds is 3. The largest absolute Gasteiger partial charge is 0.444 e. The number of amides is 1. The van der Waals surface area contributed by atoms with Gasteiger partial charge in [0.1, 0.15) is 5.60 Å². The smallest absolute Gasteiger partial charge is 0.410 e. The Morgan fingerprint density at radius 2 is 1.89 bits per heavy atom. The van der Waals surface area contributed by atoms with Gasteiger partial charge in [-0.25, -0.2) is 4.79 Å². The first-order chi connectivity index (χ1) is 8.24. The van der Waals surface area contributed by atoms with Crippen molar-refractivity contribution in [2.45, 2.75) is 40.2 Å². The monoisotopic (exact) mass is 253 g/mol. The van der Waals surface area contributed by atoms with Gasteiger partial charge in [-0.05, 0) is 33.8 Å². The molecule has 0 aromatic carbocycles. The van der Waals surface area contributed by atoms with Crippen LogP contribution in [0.15, 0.2) is 12.2 Å². The summed E-state index contributed by atoms with van der Waals surface area (Å²) in [5, 5.41) is 0. The Hall–Kier alpha value is -1.32. The van der Waals surface area contributed by atoms with Crippen molar-refractivity contribution >= 4 is 11.9 Å². The third-order valence-electron chi connectivity index (χ3n) is 3.05. The first kappa shape index (κ1) is 14.7. The number of allylic oxidation sites excluding steroid dienone is 2. The average molecular weight is 253 g/mol. The van der Waals surface area contributed by atoms with Gasteiger partial charge in [0, 0.05) is 24.9 Å². The summed E-state index contributed by atoms with van der Waals surface area (Å²) >= 11 is 0. The van der Waals surface area contributed by atoms with Crippen LogP contribution < -0.4 is 0 Å². The number of ether oxygens (including phenoxy) is 1. The van der Waals surface area contributed by atoms with E-state index >= 15 is 0 Å². The molecule has 1 rings (SSSR count). The minimum atomic E-state index is -0.464. The molecule has 102 valence electrons. The van der Waals surface area contributed by atoms with Crippen molar-refractivity contribution in [2.75, 3.05) is 13.1 Å². The van der Waals surface area contributed by atoms with Gasteiger partial charge in [0.15, 0.2) is 5.78 Å². The first-order valence-corrected chi connectivity index (χ1v) is 6.39. The van der Waals surface area contributed by atoms with Crippen LogP contribution in [0.3, 0.4) is 0 Å². The zero-order valence-electron chi connectivity index (χ0n) is 11.9. The number of likely N-dealkylation sites (tertiary alicyclic amines) is 1. The molecule has 18 heavy (non-hydrogen) atoms. The SMILES string of the molecule is C/C=C/C(=O)C(C)C1CN(C(=O)OC(C)(C)C)C1. The summed E-state index contributed by atoms with van der Waals surface area (Å²) in [5.41, 5.74) is -0.464. The van der Waals surface area contributed by atoms with Gasteiger partial charge in [-0.3, -0.25) is 4.79 Å². The molecule has 4 heteroatoms. The van der Waals surface area contributed by atoms with Gasteiger partial charge >= 0.3 is 6.09 Å². The maximum atomic E-state index is 11.7. The molecule has 0 spiro atoms. The molecule has 1 aliphatic heterocycles. The van der Waals surface area contributed by atoms with Gasteiger partial charge in [-0.15, -0.1) is 0 Å². The van der Waals surface area contributed by atoms with Crippen LogP contribution in [0.1, 0.15) is 34.6 Å². The summed E-state index contributed by atoms with van der Waals surface area (Å²) in [6, 6.07) is 0. The molecule has 4 nitrogen and oxygen atoms in total. The normalized spacial score (nSPS) is 18.6. The number of ketones is 1. The maximum absolute atomic E-state index is 11.7. The van der Waals surface area contributed by atoms with Gasteiger partial charge in [-0.1, -0.05) is 13.0 Å². The number of nitrogens with zero attached hydrogens (tertiary/aromatic N) is 1. The Bertz CT molecular complexity index is 349. The number of hydrogen-bond acceptors (Lipinski definition) is 3. The molecule has 0 aromatic heterocycles. The van der Waals surface area contributed by atoms with Crippen molar-refractivity contribution in [3.63, 3.8) is 0 Å². The number of hydrogen-bond donors (Lipinski definition) is 0. The third kappa shape index (κ3) is 3.86. The van der Waals surface area contributed by atoms with E-state index < -0.39 is 5.60 Å². The highest BCUT2D eigenvalue weighted by atomic mass is 16.6. The predicted octanol–water partition coefficient (Wildman–Crippen LogP) is 2.63. The van der Waals surface area contributed by atoms with E-state index in [0.717, 1.165) is 0 Å². The van der Waals surface area contributed by atoms with Crippen molar-refractivity contribution in [2.24, 2.45) is 11.8 Å². The van der Waals surface area contributed by atoms with E-state index in [9.17, 15) is 9.59 Å². The molecular formula is C14H23NO3. The first-order valence-electron chi connectivity index (χ1n) is 6.39. The Kier molecular flexibility index (Phi) is 4.54. The van der Waals surface area contributed by atoms with Crippen LogP contribution >= 0.6 is 0 Å². The van der Waals surface area contributed by atoms with E-state index in [1.165, 1.54) is 0 Å². The van der Waals surface area contributed by atoms with Gasteiger partial charge in [-0.2, -0.15) is 0 Å². The molecule has 1 fully saturated rings. The fourth-order valence-electron chi connectivity index (χ4n) is 1.85. The standard InChI is InChI=1S/C14H23NO3/c1-6-7-12(16)10(2)11-8-15(9-11)13(17)18-14(3,4)5/h6-7,10-11H,8-9H2,1-5H3/b7-6+. The minimum absolute atomic E-state index is 0.0279. The molecule has 0 aliphatic carbocycles. The third-order valence-corrected chi connectivity index (χ3v) is 3.05. The lowest BCUT2D eigenvalue weighted by Crippen LogP contribution is -2.54. The van der Waals surface area contributed by atoms with Crippen LogP contribution in [0.25, 0.3) is 0 Å². The molecule has 0 aromatic rings. The molecule has 1 aliphatic rings. The Balaban J connectivity index is 2.40. The summed E-state index contributed by atoms with van der Waals surface area (Å²) in [5.74, 6) is 0.354. The molecule has 1 amide bonds. The quantitative estimate of drug-likeness (QED) is 0.726. The van der Waals surface area contributed by atoms with Crippen LogP contribution in [0.5, 0.6) is 0 Å². The van der Waals surface area contributed by atoms with Crippen LogP contribution in [-0.2, 0) is 9.53 Å². The van der Waals surface area contributed by atoms with Crippen molar-refractivity contribution in [3.05, 3.63) is 12.2 Å². The highest BCUT2D eigenvalue weighted by Crippen LogP contribution is 2.26. The minimum Gasteiger partial charge on any atom is -0.444 e. The Morgan fingerprint density at radius 1 is 1.33 bits per heavy atom.